The molecule has 0 aliphatic carbocycles. The summed E-state index contributed by atoms with van der Waals surface area (Å²) in [6.07, 6.45) is 1.89. The molecule has 8 heteroatoms. The third-order valence-corrected chi connectivity index (χ3v) is 14.7. The number of hydrogen-bond acceptors (Lipinski definition) is 8. The van der Waals surface area contributed by atoms with Crippen molar-refractivity contribution < 1.29 is 8.83 Å². The predicted octanol–water partition coefficient (Wildman–Crippen LogP) is 17.6. The van der Waals surface area contributed by atoms with Gasteiger partial charge in [0.1, 0.15) is 43.3 Å². The average molecular weight is 902 g/mol. The first-order chi connectivity index (χ1) is 34.2. The molecule has 0 atom stereocenters. The Hall–Kier alpha value is -9.11. The second-order valence-electron chi connectivity index (χ2n) is 17.6. The number of hydrogen-bond donors (Lipinski definition) is 0. The summed E-state index contributed by atoms with van der Waals surface area (Å²) in [4.78, 5) is 22.3. The first kappa shape index (κ1) is 38.0. The van der Waals surface area contributed by atoms with E-state index in [9.17, 15) is 0 Å². The van der Waals surface area contributed by atoms with E-state index in [2.05, 4.69) is 192 Å². The van der Waals surface area contributed by atoms with Gasteiger partial charge in [0.2, 0.25) is 0 Å². The van der Waals surface area contributed by atoms with Gasteiger partial charge < -0.3 is 8.83 Å². The quantitative estimate of drug-likeness (QED) is 0.154. The zero-order chi connectivity index (χ0) is 45.2. The first-order valence-corrected chi connectivity index (χ1v) is 23.8. The molecule has 0 amide bonds. The van der Waals surface area contributed by atoms with E-state index in [0.717, 1.165) is 120 Å². The van der Waals surface area contributed by atoms with Crippen LogP contribution in [0.2, 0.25) is 0 Å². The Labute approximate surface area is 397 Å². The van der Waals surface area contributed by atoms with Gasteiger partial charge in [0.25, 0.3) is 0 Å². The molecule has 15 aromatic rings. The van der Waals surface area contributed by atoms with Gasteiger partial charge in [-0.2, -0.15) is 0 Å². The molecule has 7 nitrogen and oxygen atoms in total. The maximum atomic E-state index is 6.49. The van der Waals surface area contributed by atoms with E-state index < -0.39 is 0 Å². The number of fused-ring (bicyclic) bond motifs is 15. The lowest BCUT2D eigenvalue weighted by Gasteiger charge is -2.26. The number of nitrogens with zero attached hydrogens (tertiary/aromatic N) is 5. The van der Waals surface area contributed by atoms with E-state index in [1.165, 1.54) is 16.2 Å². The topological polar surface area (TPSA) is 71.4 Å². The van der Waals surface area contributed by atoms with Gasteiger partial charge in [0.15, 0.2) is 5.82 Å². The van der Waals surface area contributed by atoms with Crippen molar-refractivity contribution in [2.75, 3.05) is 9.80 Å². The average Bonchev–Trinajstić information content (AvgIpc) is 4.09. The second-order valence-corrected chi connectivity index (χ2v) is 18.5. The summed E-state index contributed by atoms with van der Waals surface area (Å²) in [5.41, 5.74) is 8.01. The van der Waals surface area contributed by atoms with Crippen LogP contribution in [0.5, 0.6) is 0 Å². The van der Waals surface area contributed by atoms with Gasteiger partial charge in [0.05, 0.1) is 28.9 Å². The number of thiophene rings is 1. The number of furan rings is 2. The Morgan fingerprint density at radius 3 is 1.33 bits per heavy atom. The number of aromatic nitrogens is 3. The summed E-state index contributed by atoms with van der Waals surface area (Å²) in [6, 6.07) is 72.5. The fourth-order valence-electron chi connectivity index (χ4n) is 10.6. The highest BCUT2D eigenvalue weighted by atomic mass is 32.1. The highest BCUT2D eigenvalue weighted by Crippen LogP contribution is 2.47. The Morgan fingerprint density at radius 1 is 0.333 bits per heavy atom. The molecule has 15 rings (SSSR count). The molecule has 0 unspecified atom stereocenters. The minimum Gasteiger partial charge on any atom is -0.456 e. The zero-order valence-electron chi connectivity index (χ0n) is 36.7. The van der Waals surface area contributed by atoms with Gasteiger partial charge in [0, 0.05) is 49.8 Å². The third kappa shape index (κ3) is 5.82. The number of anilines is 6. The van der Waals surface area contributed by atoms with Crippen molar-refractivity contribution in [3.05, 3.63) is 212 Å². The lowest BCUT2D eigenvalue weighted by atomic mass is 9.99. The van der Waals surface area contributed by atoms with Crippen molar-refractivity contribution in [2.45, 2.75) is 0 Å². The van der Waals surface area contributed by atoms with Crippen LogP contribution in [0, 0.1) is 0 Å². The standard InChI is InChI=1S/C61H35N5O2S/c1-3-15-40-36(13-1)31-51(44-19-7-5-17-42(40)44)65(38-25-27-48-46-21-9-11-23-53(46)67-55(48)33-38)57-30-29-50-59-61(69-60(50)63-57)64-58(35-62-59)66(39-26-28-49-47-22-10-12-24-54(47)68-56(49)34-39)52-32-37-14-2-4-16-41(37)43-18-6-8-20-45(43)52/h1-35H. The van der Waals surface area contributed by atoms with Gasteiger partial charge >= 0.3 is 0 Å². The van der Waals surface area contributed by atoms with Crippen molar-refractivity contribution in [2.24, 2.45) is 0 Å². The molecule has 0 radical (unpaired) electrons. The second kappa shape index (κ2) is 14.7. The molecular formula is C61H35N5O2S. The molecular weight excluding hydrogens is 867 g/mol. The summed E-state index contributed by atoms with van der Waals surface area (Å²) in [7, 11) is 0. The van der Waals surface area contributed by atoms with Crippen LogP contribution in [-0.4, -0.2) is 15.0 Å². The normalized spacial score (nSPS) is 12.1. The molecule has 0 spiro atoms. The third-order valence-electron chi connectivity index (χ3n) is 13.7. The maximum Gasteiger partial charge on any atom is 0.157 e. The van der Waals surface area contributed by atoms with Crippen LogP contribution < -0.4 is 9.80 Å². The molecule has 0 fully saturated rings. The van der Waals surface area contributed by atoms with Crippen LogP contribution in [-0.2, 0) is 0 Å². The maximum absolute atomic E-state index is 6.49. The molecule has 0 aliphatic rings. The summed E-state index contributed by atoms with van der Waals surface area (Å²) in [5.74, 6) is 1.46. The number of benzene rings is 10. The molecule has 5 heterocycles. The summed E-state index contributed by atoms with van der Waals surface area (Å²) < 4.78 is 13.0. The Morgan fingerprint density at radius 2 is 0.768 bits per heavy atom. The van der Waals surface area contributed by atoms with E-state index in [1.807, 2.05) is 30.5 Å². The SMILES string of the molecule is c1ccc2c(c1)cc(N(c1ccc3c(c1)oc1ccccc13)c1ccc3c(n1)sc1nc(N(c4ccc5c(c4)oc4ccccc45)c4cc5ccccc5c5ccccc45)cnc13)c1ccccc12. The fourth-order valence-corrected chi connectivity index (χ4v) is 11.6. The largest absolute Gasteiger partial charge is 0.456 e. The van der Waals surface area contributed by atoms with Gasteiger partial charge in [-0.1, -0.05) is 145 Å². The molecule has 322 valence electrons. The predicted molar refractivity (Wildman–Crippen MR) is 287 cm³/mol. The van der Waals surface area contributed by atoms with Crippen LogP contribution in [0.4, 0.5) is 34.4 Å². The zero-order valence-corrected chi connectivity index (χ0v) is 37.5. The molecule has 0 saturated heterocycles. The number of pyridine rings is 1. The van der Waals surface area contributed by atoms with E-state index in [1.54, 1.807) is 11.3 Å². The summed E-state index contributed by atoms with van der Waals surface area (Å²) in [6.45, 7) is 0. The smallest absolute Gasteiger partial charge is 0.157 e. The molecule has 0 bridgehead atoms. The monoisotopic (exact) mass is 901 g/mol. The van der Waals surface area contributed by atoms with Gasteiger partial charge in [-0.25, -0.2) is 15.0 Å². The minimum absolute atomic E-state index is 0.688. The van der Waals surface area contributed by atoms with E-state index in [0.29, 0.717) is 5.82 Å². The lowest BCUT2D eigenvalue weighted by Crippen LogP contribution is -2.12. The number of rotatable bonds is 6. The highest BCUT2D eigenvalue weighted by Gasteiger charge is 2.24. The van der Waals surface area contributed by atoms with Crippen molar-refractivity contribution >= 4 is 153 Å². The van der Waals surface area contributed by atoms with E-state index in [-0.39, 0.29) is 0 Å². The summed E-state index contributed by atoms with van der Waals surface area (Å²) >= 11 is 1.55. The molecule has 0 saturated carbocycles. The summed E-state index contributed by atoms with van der Waals surface area (Å²) in [5, 5.41) is 14.5. The Bertz CT molecular complexity index is 4320. The van der Waals surface area contributed by atoms with Crippen LogP contribution in [0.15, 0.2) is 221 Å². The van der Waals surface area contributed by atoms with Crippen molar-refractivity contribution in [1.82, 2.24) is 15.0 Å². The van der Waals surface area contributed by atoms with Gasteiger partial charge in [-0.05, 0) is 93.0 Å². The van der Waals surface area contributed by atoms with E-state index in [4.69, 9.17) is 23.8 Å². The van der Waals surface area contributed by atoms with Crippen LogP contribution in [0.1, 0.15) is 0 Å². The number of para-hydroxylation sites is 2. The molecule has 0 N–H and O–H groups in total. The fraction of sp³-hybridized carbons (Fsp3) is 0. The van der Waals surface area contributed by atoms with Crippen molar-refractivity contribution in [1.29, 1.82) is 0 Å². The van der Waals surface area contributed by atoms with Crippen LogP contribution in [0.3, 0.4) is 0 Å². The lowest BCUT2D eigenvalue weighted by molar-refractivity contribution is 0.668. The van der Waals surface area contributed by atoms with E-state index >= 15 is 0 Å². The Kier molecular flexibility index (Phi) is 8.10. The minimum atomic E-state index is 0.688. The van der Waals surface area contributed by atoms with Crippen LogP contribution in [0.25, 0.3) is 108 Å². The highest BCUT2D eigenvalue weighted by molar-refractivity contribution is 7.25. The molecule has 10 aromatic carbocycles. The van der Waals surface area contributed by atoms with Crippen molar-refractivity contribution in [3.8, 4) is 0 Å². The van der Waals surface area contributed by atoms with Crippen LogP contribution >= 0.6 is 11.3 Å². The molecule has 69 heavy (non-hydrogen) atoms. The molecule has 5 aromatic heterocycles. The van der Waals surface area contributed by atoms with Gasteiger partial charge in [-0.15, -0.1) is 0 Å². The van der Waals surface area contributed by atoms with Crippen molar-refractivity contribution in [3.63, 3.8) is 0 Å². The molecule has 0 aliphatic heterocycles. The first-order valence-electron chi connectivity index (χ1n) is 23.0. The Balaban J connectivity index is 0.933. The van der Waals surface area contributed by atoms with Gasteiger partial charge in [-0.3, -0.25) is 9.80 Å².